The molecule has 1 heterocycles. The summed E-state index contributed by atoms with van der Waals surface area (Å²) in [6, 6.07) is 1.41. The Morgan fingerprint density at radius 1 is 1.50 bits per heavy atom. The van der Waals surface area contributed by atoms with Gasteiger partial charge in [-0.15, -0.1) is 6.58 Å². The van der Waals surface area contributed by atoms with Gasteiger partial charge in [0.1, 0.15) is 0 Å². The first-order chi connectivity index (χ1) is 6.76. The molecule has 0 amide bonds. The molecule has 0 aromatic heterocycles. The topological polar surface area (TPSA) is 15.3 Å². The van der Waals surface area contributed by atoms with Crippen LogP contribution in [0.5, 0.6) is 0 Å². The van der Waals surface area contributed by atoms with Gasteiger partial charge >= 0.3 is 0 Å². The summed E-state index contributed by atoms with van der Waals surface area (Å²) in [6.45, 7) is 11.8. The lowest BCUT2D eigenvalue weighted by Crippen LogP contribution is -2.45. The highest BCUT2D eigenvalue weighted by molar-refractivity contribution is 4.82. The monoisotopic (exact) mass is 196 g/mol. The summed E-state index contributed by atoms with van der Waals surface area (Å²) >= 11 is 0. The summed E-state index contributed by atoms with van der Waals surface area (Å²) in [5.41, 5.74) is 0. The Morgan fingerprint density at radius 3 is 2.64 bits per heavy atom. The molecular weight excluding hydrogens is 172 g/mol. The van der Waals surface area contributed by atoms with Crippen LogP contribution in [0, 0.1) is 0 Å². The fourth-order valence-electron chi connectivity index (χ4n) is 1.98. The summed E-state index contributed by atoms with van der Waals surface area (Å²) in [4.78, 5) is 2.47. The quantitative estimate of drug-likeness (QED) is 0.677. The van der Waals surface area contributed by atoms with Crippen LogP contribution in [0.4, 0.5) is 0 Å². The Bertz CT molecular complexity index is 160. The molecule has 0 saturated carbocycles. The van der Waals surface area contributed by atoms with Gasteiger partial charge in [0.15, 0.2) is 0 Å². The Balaban J connectivity index is 2.18. The van der Waals surface area contributed by atoms with Crippen molar-refractivity contribution in [1.29, 1.82) is 0 Å². The van der Waals surface area contributed by atoms with Crippen LogP contribution in [0.1, 0.15) is 33.1 Å². The van der Waals surface area contributed by atoms with Gasteiger partial charge in [0, 0.05) is 18.6 Å². The smallest absolute Gasteiger partial charge is 0.0160 e. The van der Waals surface area contributed by atoms with Crippen LogP contribution in [-0.2, 0) is 0 Å². The van der Waals surface area contributed by atoms with Crippen LogP contribution < -0.4 is 5.32 Å². The van der Waals surface area contributed by atoms with Gasteiger partial charge in [-0.05, 0) is 39.3 Å². The highest BCUT2D eigenvalue weighted by Crippen LogP contribution is 2.11. The maximum atomic E-state index is 3.78. The van der Waals surface area contributed by atoms with Crippen molar-refractivity contribution in [2.45, 2.75) is 45.2 Å². The molecule has 1 saturated heterocycles. The van der Waals surface area contributed by atoms with Crippen LogP contribution in [0.2, 0.25) is 0 Å². The van der Waals surface area contributed by atoms with Gasteiger partial charge in [0.05, 0.1) is 0 Å². The minimum absolute atomic E-state index is 0.672. The number of piperidine rings is 1. The van der Waals surface area contributed by atoms with E-state index in [-0.39, 0.29) is 0 Å². The van der Waals surface area contributed by atoms with Crippen molar-refractivity contribution >= 4 is 0 Å². The Morgan fingerprint density at radius 2 is 2.14 bits per heavy atom. The van der Waals surface area contributed by atoms with Crippen LogP contribution in [0.3, 0.4) is 0 Å². The SMILES string of the molecule is C=CCN1CCC(NC(C)CC)CC1. The first-order valence-corrected chi connectivity index (χ1v) is 5.85. The van der Waals surface area contributed by atoms with E-state index in [1.54, 1.807) is 0 Å². The first-order valence-electron chi connectivity index (χ1n) is 5.85. The van der Waals surface area contributed by atoms with Crippen LogP contribution >= 0.6 is 0 Å². The minimum Gasteiger partial charge on any atom is -0.311 e. The Labute approximate surface area is 88.4 Å². The first kappa shape index (κ1) is 11.7. The lowest BCUT2D eigenvalue weighted by atomic mass is 10.0. The second kappa shape index (κ2) is 6.20. The van der Waals surface area contributed by atoms with Gasteiger partial charge in [-0.2, -0.15) is 0 Å². The molecular formula is C12H24N2. The normalized spacial score (nSPS) is 22.1. The van der Waals surface area contributed by atoms with Gasteiger partial charge in [-0.1, -0.05) is 13.0 Å². The zero-order chi connectivity index (χ0) is 10.4. The standard InChI is InChI=1S/C12H24N2/c1-4-8-14-9-6-12(7-10-14)13-11(3)5-2/h4,11-13H,1,5-10H2,2-3H3. The number of rotatable bonds is 5. The van der Waals surface area contributed by atoms with Crippen molar-refractivity contribution in [3.63, 3.8) is 0 Å². The van der Waals surface area contributed by atoms with Crippen molar-refractivity contribution in [3.05, 3.63) is 12.7 Å². The van der Waals surface area contributed by atoms with Gasteiger partial charge in [-0.3, -0.25) is 4.90 Å². The molecule has 0 aromatic rings. The predicted octanol–water partition coefficient (Wildman–Crippen LogP) is 2.02. The summed E-state index contributed by atoms with van der Waals surface area (Å²) in [5, 5.41) is 3.68. The highest BCUT2D eigenvalue weighted by atomic mass is 15.1. The molecule has 0 aliphatic carbocycles. The molecule has 0 radical (unpaired) electrons. The predicted molar refractivity (Wildman–Crippen MR) is 62.5 cm³/mol. The van der Waals surface area contributed by atoms with E-state index in [1.165, 1.54) is 32.4 Å². The molecule has 1 atom stereocenters. The van der Waals surface area contributed by atoms with Gasteiger partial charge < -0.3 is 5.32 Å². The second-order valence-electron chi connectivity index (χ2n) is 4.34. The Kier molecular flexibility index (Phi) is 5.20. The van der Waals surface area contributed by atoms with Crippen LogP contribution in [0.15, 0.2) is 12.7 Å². The van der Waals surface area contributed by atoms with E-state index < -0.39 is 0 Å². The molecule has 0 spiro atoms. The fraction of sp³-hybridized carbons (Fsp3) is 0.833. The van der Waals surface area contributed by atoms with Gasteiger partial charge in [0.2, 0.25) is 0 Å². The lowest BCUT2D eigenvalue weighted by Gasteiger charge is -2.33. The van der Waals surface area contributed by atoms with Gasteiger partial charge in [-0.25, -0.2) is 0 Å². The van der Waals surface area contributed by atoms with E-state index in [0.29, 0.717) is 6.04 Å². The number of hydrogen-bond acceptors (Lipinski definition) is 2. The van der Waals surface area contributed by atoms with E-state index in [4.69, 9.17) is 0 Å². The third-order valence-corrected chi connectivity index (χ3v) is 3.11. The molecule has 1 N–H and O–H groups in total. The minimum atomic E-state index is 0.672. The molecule has 1 fully saturated rings. The van der Waals surface area contributed by atoms with Crippen molar-refractivity contribution in [1.82, 2.24) is 10.2 Å². The third-order valence-electron chi connectivity index (χ3n) is 3.11. The van der Waals surface area contributed by atoms with Crippen molar-refractivity contribution in [3.8, 4) is 0 Å². The van der Waals surface area contributed by atoms with E-state index in [1.807, 2.05) is 6.08 Å². The number of hydrogen-bond donors (Lipinski definition) is 1. The molecule has 0 bridgehead atoms. The maximum absolute atomic E-state index is 3.78. The average molecular weight is 196 g/mol. The molecule has 1 unspecified atom stereocenters. The molecule has 1 aliphatic rings. The van der Waals surface area contributed by atoms with Crippen LogP contribution in [0.25, 0.3) is 0 Å². The molecule has 0 aromatic carbocycles. The molecule has 14 heavy (non-hydrogen) atoms. The zero-order valence-corrected chi connectivity index (χ0v) is 9.63. The number of likely N-dealkylation sites (tertiary alicyclic amines) is 1. The summed E-state index contributed by atoms with van der Waals surface area (Å²) in [7, 11) is 0. The maximum Gasteiger partial charge on any atom is 0.0160 e. The number of nitrogens with zero attached hydrogens (tertiary/aromatic N) is 1. The third kappa shape index (κ3) is 3.81. The zero-order valence-electron chi connectivity index (χ0n) is 9.63. The van der Waals surface area contributed by atoms with Crippen molar-refractivity contribution in [2.24, 2.45) is 0 Å². The molecule has 1 aliphatic heterocycles. The van der Waals surface area contributed by atoms with E-state index >= 15 is 0 Å². The highest BCUT2D eigenvalue weighted by Gasteiger charge is 2.18. The number of nitrogens with one attached hydrogen (secondary N) is 1. The average Bonchev–Trinajstić information content (AvgIpc) is 2.21. The molecule has 2 heteroatoms. The molecule has 2 nitrogen and oxygen atoms in total. The lowest BCUT2D eigenvalue weighted by molar-refractivity contribution is 0.208. The van der Waals surface area contributed by atoms with Crippen LogP contribution in [-0.4, -0.2) is 36.6 Å². The van der Waals surface area contributed by atoms with E-state index in [9.17, 15) is 0 Å². The van der Waals surface area contributed by atoms with Gasteiger partial charge in [0.25, 0.3) is 0 Å². The summed E-state index contributed by atoms with van der Waals surface area (Å²) in [6.07, 6.45) is 5.81. The van der Waals surface area contributed by atoms with E-state index in [2.05, 4.69) is 30.6 Å². The summed E-state index contributed by atoms with van der Waals surface area (Å²) < 4.78 is 0. The molecule has 1 rings (SSSR count). The summed E-state index contributed by atoms with van der Waals surface area (Å²) in [5.74, 6) is 0. The fourth-order valence-corrected chi connectivity index (χ4v) is 1.98. The van der Waals surface area contributed by atoms with Crippen molar-refractivity contribution in [2.75, 3.05) is 19.6 Å². The van der Waals surface area contributed by atoms with E-state index in [0.717, 1.165) is 12.6 Å². The largest absolute Gasteiger partial charge is 0.311 e. The second-order valence-corrected chi connectivity index (χ2v) is 4.34. The Hall–Kier alpha value is -0.340. The molecule has 82 valence electrons. The van der Waals surface area contributed by atoms with Crippen molar-refractivity contribution < 1.29 is 0 Å².